The van der Waals surface area contributed by atoms with Gasteiger partial charge >= 0.3 is 0 Å². The number of halogens is 2. The van der Waals surface area contributed by atoms with Crippen LogP contribution in [-0.2, 0) is 6.42 Å². The minimum Gasteiger partial charge on any atom is -0.439 e. The zero-order chi connectivity index (χ0) is 9.26. The van der Waals surface area contributed by atoms with Crippen molar-refractivity contribution in [2.24, 2.45) is 0 Å². The summed E-state index contributed by atoms with van der Waals surface area (Å²) in [5.41, 5.74) is 1.50. The first-order valence-corrected chi connectivity index (χ1v) is 5.41. The highest BCUT2D eigenvalue weighted by Gasteiger charge is 2.07. The predicted molar refractivity (Wildman–Crippen MR) is 56.5 cm³/mol. The van der Waals surface area contributed by atoms with Crippen LogP contribution < -0.4 is 0 Å². The van der Waals surface area contributed by atoms with E-state index in [1.165, 1.54) is 0 Å². The molecule has 0 aliphatic rings. The van der Waals surface area contributed by atoms with Crippen molar-refractivity contribution in [1.29, 1.82) is 0 Å². The van der Waals surface area contributed by atoms with Crippen molar-refractivity contribution in [3.05, 3.63) is 29.1 Å². The lowest BCUT2D eigenvalue weighted by Gasteiger charge is -1.87. The molecule has 0 radical (unpaired) electrons. The van der Waals surface area contributed by atoms with Gasteiger partial charge in [-0.25, -0.2) is 4.98 Å². The van der Waals surface area contributed by atoms with Crippen LogP contribution in [0.4, 0.5) is 0 Å². The fourth-order valence-corrected chi connectivity index (χ4v) is 1.70. The largest absolute Gasteiger partial charge is 0.439 e. The molecule has 0 atom stereocenters. The van der Waals surface area contributed by atoms with E-state index in [2.05, 4.69) is 20.9 Å². The molecule has 2 nitrogen and oxygen atoms in total. The Bertz CT molecular complexity index is 426. The number of benzene rings is 1. The smallest absolute Gasteiger partial charge is 0.196 e. The summed E-state index contributed by atoms with van der Waals surface area (Å²) in [6.45, 7) is 0. The van der Waals surface area contributed by atoms with Crippen LogP contribution in [0.15, 0.2) is 22.6 Å². The SMILES string of the molecule is Clc1cccc2nc(CCBr)oc12. The Kier molecular flexibility index (Phi) is 2.56. The Morgan fingerprint density at radius 1 is 1.46 bits per heavy atom. The van der Waals surface area contributed by atoms with Crippen LogP contribution in [0.2, 0.25) is 5.02 Å². The van der Waals surface area contributed by atoms with E-state index in [0.717, 1.165) is 23.2 Å². The first kappa shape index (κ1) is 9.03. The average molecular weight is 261 g/mol. The van der Waals surface area contributed by atoms with Gasteiger partial charge in [0.25, 0.3) is 0 Å². The van der Waals surface area contributed by atoms with Gasteiger partial charge in [0, 0.05) is 11.8 Å². The van der Waals surface area contributed by atoms with Gasteiger partial charge in [0.05, 0.1) is 5.02 Å². The monoisotopic (exact) mass is 259 g/mol. The second kappa shape index (κ2) is 3.68. The topological polar surface area (TPSA) is 26.0 Å². The van der Waals surface area contributed by atoms with E-state index < -0.39 is 0 Å². The highest BCUT2D eigenvalue weighted by atomic mass is 79.9. The van der Waals surface area contributed by atoms with E-state index in [9.17, 15) is 0 Å². The van der Waals surface area contributed by atoms with Gasteiger partial charge in [-0.15, -0.1) is 0 Å². The summed E-state index contributed by atoms with van der Waals surface area (Å²) in [6.07, 6.45) is 0.783. The fourth-order valence-electron chi connectivity index (χ4n) is 1.15. The molecule has 0 saturated carbocycles. The first-order chi connectivity index (χ1) is 6.31. The van der Waals surface area contributed by atoms with E-state index in [0.29, 0.717) is 10.6 Å². The summed E-state index contributed by atoms with van der Waals surface area (Å²) in [5, 5.41) is 1.46. The van der Waals surface area contributed by atoms with Crippen molar-refractivity contribution < 1.29 is 4.42 Å². The van der Waals surface area contributed by atoms with Gasteiger partial charge in [0.1, 0.15) is 5.52 Å². The predicted octanol–water partition coefficient (Wildman–Crippen LogP) is 3.42. The van der Waals surface area contributed by atoms with Crippen LogP contribution in [0.25, 0.3) is 11.1 Å². The minimum atomic E-state index is 0.617. The summed E-state index contributed by atoms with van der Waals surface area (Å²) in [7, 11) is 0. The molecule has 68 valence electrons. The molecule has 0 aliphatic carbocycles. The van der Waals surface area contributed by atoms with Gasteiger partial charge in [0.15, 0.2) is 11.5 Å². The number of alkyl halides is 1. The number of para-hydroxylation sites is 1. The summed E-state index contributed by atoms with van der Waals surface area (Å²) >= 11 is 9.25. The van der Waals surface area contributed by atoms with Gasteiger partial charge in [-0.05, 0) is 12.1 Å². The second-order valence-electron chi connectivity index (χ2n) is 2.63. The molecule has 0 unspecified atom stereocenters. The van der Waals surface area contributed by atoms with E-state index in [4.69, 9.17) is 16.0 Å². The minimum absolute atomic E-state index is 0.617. The zero-order valence-corrected chi connectivity index (χ0v) is 9.10. The van der Waals surface area contributed by atoms with Gasteiger partial charge in [-0.2, -0.15) is 0 Å². The summed E-state index contributed by atoms with van der Waals surface area (Å²) in [4.78, 5) is 4.28. The van der Waals surface area contributed by atoms with E-state index in [1.54, 1.807) is 6.07 Å². The number of aryl methyl sites for hydroxylation is 1. The van der Waals surface area contributed by atoms with Crippen molar-refractivity contribution >= 4 is 38.6 Å². The second-order valence-corrected chi connectivity index (χ2v) is 3.83. The molecule has 0 aliphatic heterocycles. The number of fused-ring (bicyclic) bond motifs is 1. The van der Waals surface area contributed by atoms with Crippen molar-refractivity contribution in [2.75, 3.05) is 5.33 Å². The lowest BCUT2D eigenvalue weighted by Crippen LogP contribution is -1.83. The quantitative estimate of drug-likeness (QED) is 0.773. The molecule has 0 saturated heterocycles. The molecule has 13 heavy (non-hydrogen) atoms. The number of oxazole rings is 1. The van der Waals surface area contributed by atoms with Crippen molar-refractivity contribution in [3.63, 3.8) is 0 Å². The Morgan fingerprint density at radius 2 is 2.31 bits per heavy atom. The maximum Gasteiger partial charge on any atom is 0.196 e. The lowest BCUT2D eigenvalue weighted by molar-refractivity contribution is 0.540. The fraction of sp³-hybridized carbons (Fsp3) is 0.222. The van der Waals surface area contributed by atoms with Gasteiger partial charge in [-0.1, -0.05) is 33.6 Å². The van der Waals surface area contributed by atoms with E-state index in [-0.39, 0.29) is 0 Å². The molecular formula is C9H7BrClNO. The van der Waals surface area contributed by atoms with Crippen molar-refractivity contribution in [1.82, 2.24) is 4.98 Å². The Labute approximate surface area is 89.0 Å². The Morgan fingerprint density at radius 3 is 3.00 bits per heavy atom. The van der Waals surface area contributed by atoms with Crippen LogP contribution in [-0.4, -0.2) is 10.3 Å². The third-order valence-electron chi connectivity index (χ3n) is 1.72. The number of hydrogen-bond acceptors (Lipinski definition) is 2. The van der Waals surface area contributed by atoms with Crippen molar-refractivity contribution in [2.45, 2.75) is 6.42 Å². The Hall–Kier alpha value is -0.540. The molecule has 0 amide bonds. The molecule has 2 aromatic rings. The highest BCUT2D eigenvalue weighted by Crippen LogP contribution is 2.24. The number of hydrogen-bond donors (Lipinski definition) is 0. The molecule has 0 N–H and O–H groups in total. The first-order valence-electron chi connectivity index (χ1n) is 3.91. The molecule has 1 heterocycles. The molecular weight excluding hydrogens is 253 g/mol. The maximum atomic E-state index is 5.93. The molecule has 1 aromatic carbocycles. The molecule has 4 heteroatoms. The molecule has 2 rings (SSSR count). The average Bonchev–Trinajstić information content (AvgIpc) is 2.49. The zero-order valence-electron chi connectivity index (χ0n) is 6.76. The number of nitrogens with zero attached hydrogens (tertiary/aromatic N) is 1. The highest BCUT2D eigenvalue weighted by molar-refractivity contribution is 9.09. The maximum absolute atomic E-state index is 5.93. The van der Waals surface area contributed by atoms with Crippen molar-refractivity contribution in [3.8, 4) is 0 Å². The molecule has 0 bridgehead atoms. The van der Waals surface area contributed by atoms with Crippen LogP contribution in [0.3, 0.4) is 0 Å². The molecule has 1 aromatic heterocycles. The van der Waals surface area contributed by atoms with Crippen LogP contribution in [0.1, 0.15) is 5.89 Å². The third-order valence-corrected chi connectivity index (χ3v) is 2.41. The van der Waals surface area contributed by atoms with Gasteiger partial charge in [0.2, 0.25) is 0 Å². The van der Waals surface area contributed by atoms with Gasteiger partial charge in [-0.3, -0.25) is 0 Å². The number of rotatable bonds is 2. The lowest BCUT2D eigenvalue weighted by atomic mass is 10.3. The van der Waals surface area contributed by atoms with Crippen LogP contribution in [0, 0.1) is 0 Å². The van der Waals surface area contributed by atoms with Crippen LogP contribution in [0.5, 0.6) is 0 Å². The Balaban J connectivity index is 2.55. The summed E-state index contributed by atoms with van der Waals surface area (Å²) < 4.78 is 5.47. The van der Waals surface area contributed by atoms with E-state index in [1.807, 2.05) is 12.1 Å². The molecule has 0 fully saturated rings. The molecule has 0 spiro atoms. The third kappa shape index (κ3) is 1.71. The number of aromatic nitrogens is 1. The summed E-state index contributed by atoms with van der Waals surface area (Å²) in [6, 6.07) is 5.56. The standard InChI is InChI=1S/C9H7BrClNO/c10-5-4-8-12-7-3-1-2-6(11)9(7)13-8/h1-3H,4-5H2. The van der Waals surface area contributed by atoms with Gasteiger partial charge < -0.3 is 4.42 Å². The van der Waals surface area contributed by atoms with Crippen LogP contribution >= 0.6 is 27.5 Å². The van der Waals surface area contributed by atoms with E-state index >= 15 is 0 Å². The normalized spacial score (nSPS) is 10.9. The summed E-state index contributed by atoms with van der Waals surface area (Å²) in [5.74, 6) is 0.722.